The van der Waals surface area contributed by atoms with Crippen LogP contribution in [0.15, 0.2) is 36.4 Å². The van der Waals surface area contributed by atoms with Gasteiger partial charge in [-0.3, -0.25) is 4.79 Å². The van der Waals surface area contributed by atoms with E-state index < -0.39 is 5.92 Å². The van der Waals surface area contributed by atoms with E-state index >= 15 is 0 Å². The molecule has 0 bridgehead atoms. The van der Waals surface area contributed by atoms with E-state index in [4.69, 9.17) is 4.98 Å². The monoisotopic (exact) mass is 391 g/mol. The highest BCUT2D eigenvalue weighted by Crippen LogP contribution is 2.42. The zero-order chi connectivity index (χ0) is 20.1. The van der Waals surface area contributed by atoms with Crippen molar-refractivity contribution < 1.29 is 9.18 Å². The molecule has 2 aliphatic rings. The molecule has 0 spiro atoms. The van der Waals surface area contributed by atoms with Crippen LogP contribution in [0.5, 0.6) is 0 Å². The predicted molar refractivity (Wildman–Crippen MR) is 113 cm³/mol. The molecule has 5 rings (SSSR count). The fourth-order valence-corrected chi connectivity index (χ4v) is 5.12. The van der Waals surface area contributed by atoms with Gasteiger partial charge in [-0.05, 0) is 54.5 Å². The number of rotatable bonds is 2. The third-order valence-electron chi connectivity index (χ3n) is 6.85. The van der Waals surface area contributed by atoms with Crippen LogP contribution in [0.3, 0.4) is 0 Å². The third kappa shape index (κ3) is 3.13. The van der Waals surface area contributed by atoms with Crippen molar-refractivity contribution in [2.75, 3.05) is 5.32 Å². The van der Waals surface area contributed by atoms with Gasteiger partial charge in [0, 0.05) is 17.2 Å². The summed E-state index contributed by atoms with van der Waals surface area (Å²) >= 11 is 0. The minimum Gasteiger partial charge on any atom is -0.341 e. The maximum absolute atomic E-state index is 14.4. The number of benzene rings is 2. The second-order valence-corrected chi connectivity index (χ2v) is 8.81. The molecule has 2 aromatic carbocycles. The third-order valence-corrected chi connectivity index (χ3v) is 6.85. The van der Waals surface area contributed by atoms with Gasteiger partial charge in [0.25, 0.3) is 0 Å². The molecule has 2 atom stereocenters. The van der Waals surface area contributed by atoms with Gasteiger partial charge < -0.3 is 10.3 Å². The summed E-state index contributed by atoms with van der Waals surface area (Å²) in [6.07, 6.45) is 5.01. The van der Waals surface area contributed by atoms with Gasteiger partial charge in [-0.15, -0.1) is 0 Å². The van der Waals surface area contributed by atoms with Crippen molar-refractivity contribution in [2.45, 2.75) is 57.3 Å². The van der Waals surface area contributed by atoms with Crippen LogP contribution >= 0.6 is 0 Å². The highest BCUT2D eigenvalue weighted by Gasteiger charge is 2.37. The number of nitrogens with zero attached hydrogens (tertiary/aromatic N) is 1. The minimum atomic E-state index is -0.536. The summed E-state index contributed by atoms with van der Waals surface area (Å²) in [6.45, 7) is 4.23. The molecule has 29 heavy (non-hydrogen) atoms. The fraction of sp³-hybridized carbons (Fsp3) is 0.417. The highest BCUT2D eigenvalue weighted by molar-refractivity contribution is 5.99. The molecule has 1 amide bonds. The van der Waals surface area contributed by atoms with Gasteiger partial charge >= 0.3 is 0 Å². The van der Waals surface area contributed by atoms with Crippen molar-refractivity contribution in [1.82, 2.24) is 9.97 Å². The molecule has 1 aliphatic carbocycles. The summed E-state index contributed by atoms with van der Waals surface area (Å²) < 4.78 is 14.4. The minimum absolute atomic E-state index is 0.142. The van der Waals surface area contributed by atoms with Crippen molar-refractivity contribution in [3.05, 3.63) is 59.2 Å². The molecule has 1 aliphatic heterocycles. The van der Waals surface area contributed by atoms with Crippen molar-refractivity contribution >= 4 is 22.6 Å². The molecule has 2 unspecified atom stereocenters. The lowest BCUT2D eigenvalue weighted by atomic mass is 9.79. The van der Waals surface area contributed by atoms with Crippen LogP contribution < -0.4 is 5.32 Å². The SMILES string of the molecule is CC1CCC(c2ccc3nc(C4C(=O)Nc5cccc(F)c5C4C)[nH]c3c2)CC1. The normalized spacial score (nSPS) is 26.9. The number of aromatic nitrogens is 2. The number of fused-ring (bicyclic) bond motifs is 2. The van der Waals surface area contributed by atoms with Gasteiger partial charge in [0.2, 0.25) is 5.91 Å². The molecule has 0 saturated heterocycles. The van der Waals surface area contributed by atoms with Gasteiger partial charge in [-0.2, -0.15) is 0 Å². The van der Waals surface area contributed by atoms with Crippen LogP contribution in [0.25, 0.3) is 11.0 Å². The van der Waals surface area contributed by atoms with E-state index in [1.165, 1.54) is 37.3 Å². The van der Waals surface area contributed by atoms with Crippen LogP contribution in [0.2, 0.25) is 0 Å². The summed E-state index contributed by atoms with van der Waals surface area (Å²) in [6, 6.07) is 11.2. The summed E-state index contributed by atoms with van der Waals surface area (Å²) in [4.78, 5) is 20.9. The Morgan fingerprint density at radius 1 is 1.07 bits per heavy atom. The Kier molecular flexibility index (Phi) is 4.41. The molecule has 150 valence electrons. The number of hydrogen-bond acceptors (Lipinski definition) is 2. The van der Waals surface area contributed by atoms with Gasteiger partial charge in [-0.1, -0.05) is 38.8 Å². The highest BCUT2D eigenvalue weighted by atomic mass is 19.1. The van der Waals surface area contributed by atoms with Crippen molar-refractivity contribution in [3.8, 4) is 0 Å². The lowest BCUT2D eigenvalue weighted by molar-refractivity contribution is -0.118. The quantitative estimate of drug-likeness (QED) is 0.577. The first-order chi connectivity index (χ1) is 14.0. The molecule has 1 saturated carbocycles. The Balaban J connectivity index is 1.49. The number of anilines is 1. The Bertz CT molecular complexity index is 1080. The van der Waals surface area contributed by atoms with E-state index in [-0.39, 0.29) is 17.6 Å². The maximum Gasteiger partial charge on any atom is 0.235 e. The number of H-pyrrole nitrogens is 1. The number of hydrogen-bond donors (Lipinski definition) is 2. The topological polar surface area (TPSA) is 57.8 Å². The molecule has 0 radical (unpaired) electrons. The molecular weight excluding hydrogens is 365 g/mol. The second-order valence-electron chi connectivity index (χ2n) is 8.81. The van der Waals surface area contributed by atoms with Crippen LogP contribution in [0.1, 0.15) is 74.2 Å². The molecule has 1 aromatic heterocycles. The molecule has 2 N–H and O–H groups in total. The van der Waals surface area contributed by atoms with Crippen LogP contribution in [0, 0.1) is 11.7 Å². The first-order valence-electron chi connectivity index (χ1n) is 10.6. The van der Waals surface area contributed by atoms with Crippen LogP contribution in [-0.2, 0) is 4.79 Å². The molecule has 5 heteroatoms. The zero-order valence-corrected chi connectivity index (χ0v) is 16.8. The van der Waals surface area contributed by atoms with E-state index in [9.17, 15) is 9.18 Å². The Morgan fingerprint density at radius 3 is 2.66 bits per heavy atom. The van der Waals surface area contributed by atoms with E-state index in [0.717, 1.165) is 17.0 Å². The van der Waals surface area contributed by atoms with Gasteiger partial charge in [-0.25, -0.2) is 9.37 Å². The standard InChI is InChI=1S/C24H26FN3O/c1-13-6-8-15(9-7-13)16-10-11-18-20(12-16)27-23(26-18)22-14(2)21-17(25)4-3-5-19(21)28-24(22)29/h3-5,10-15,22H,6-9H2,1-2H3,(H,26,27)(H,28,29). The number of aromatic amines is 1. The van der Waals surface area contributed by atoms with Crippen LogP contribution in [-0.4, -0.2) is 15.9 Å². The zero-order valence-electron chi connectivity index (χ0n) is 16.8. The predicted octanol–water partition coefficient (Wildman–Crippen LogP) is 5.84. The Labute approximate surface area is 169 Å². The summed E-state index contributed by atoms with van der Waals surface area (Å²) in [7, 11) is 0. The Morgan fingerprint density at radius 2 is 1.86 bits per heavy atom. The number of amides is 1. The van der Waals surface area contributed by atoms with Crippen molar-refractivity contribution in [2.24, 2.45) is 5.92 Å². The van der Waals surface area contributed by atoms with E-state index in [1.54, 1.807) is 12.1 Å². The number of carbonyl (C=O) groups is 1. The first kappa shape index (κ1) is 18.3. The van der Waals surface area contributed by atoms with Crippen LogP contribution in [0.4, 0.5) is 10.1 Å². The molecule has 3 aromatic rings. The molecule has 2 heterocycles. The van der Waals surface area contributed by atoms with Crippen molar-refractivity contribution in [1.29, 1.82) is 0 Å². The largest absolute Gasteiger partial charge is 0.341 e. The first-order valence-corrected chi connectivity index (χ1v) is 10.6. The van der Waals surface area contributed by atoms with E-state index in [2.05, 4.69) is 29.4 Å². The van der Waals surface area contributed by atoms with Gasteiger partial charge in [0.05, 0.1) is 11.0 Å². The summed E-state index contributed by atoms with van der Waals surface area (Å²) in [5.74, 6) is 0.767. The number of halogens is 1. The smallest absolute Gasteiger partial charge is 0.235 e. The lowest BCUT2D eigenvalue weighted by Gasteiger charge is -2.29. The fourth-order valence-electron chi connectivity index (χ4n) is 5.12. The second kappa shape index (κ2) is 6.97. The summed E-state index contributed by atoms with van der Waals surface area (Å²) in [5.41, 5.74) is 4.26. The molecule has 1 fully saturated rings. The average molecular weight is 391 g/mol. The van der Waals surface area contributed by atoms with Crippen molar-refractivity contribution in [3.63, 3.8) is 0 Å². The average Bonchev–Trinajstić information content (AvgIpc) is 3.11. The summed E-state index contributed by atoms with van der Waals surface area (Å²) in [5, 5.41) is 2.85. The molecule has 4 nitrogen and oxygen atoms in total. The number of imidazole rings is 1. The lowest BCUT2D eigenvalue weighted by Crippen LogP contribution is -2.32. The molecular formula is C24H26FN3O. The van der Waals surface area contributed by atoms with E-state index in [1.807, 2.05) is 13.0 Å². The van der Waals surface area contributed by atoms with Gasteiger partial charge in [0.15, 0.2) is 0 Å². The van der Waals surface area contributed by atoms with Gasteiger partial charge in [0.1, 0.15) is 17.6 Å². The van der Waals surface area contributed by atoms with E-state index in [0.29, 0.717) is 23.0 Å². The number of nitrogens with one attached hydrogen (secondary N) is 2. The number of carbonyl (C=O) groups excluding carboxylic acids is 1. The Hall–Kier alpha value is -2.69. The maximum atomic E-state index is 14.4.